The summed E-state index contributed by atoms with van der Waals surface area (Å²) in [7, 11) is 2.01. The van der Waals surface area contributed by atoms with Crippen molar-refractivity contribution < 1.29 is 4.42 Å². The lowest BCUT2D eigenvalue weighted by Gasteiger charge is -2.14. The molecule has 1 N–H and O–H groups in total. The number of likely N-dealkylation sites (N-methyl/N-ethyl adjacent to an activating group) is 1. The van der Waals surface area contributed by atoms with Crippen LogP contribution in [-0.4, -0.2) is 7.05 Å². The zero-order valence-electron chi connectivity index (χ0n) is 11.8. The first-order chi connectivity index (χ1) is 9.81. The van der Waals surface area contributed by atoms with Gasteiger partial charge in [-0.05, 0) is 31.7 Å². The van der Waals surface area contributed by atoms with Crippen LogP contribution in [0.3, 0.4) is 0 Å². The fraction of sp³-hybridized carbons (Fsp3) is 0.294. The lowest BCUT2D eigenvalue weighted by atomic mass is 10.0. The van der Waals surface area contributed by atoms with Gasteiger partial charge < -0.3 is 9.73 Å². The quantitative estimate of drug-likeness (QED) is 0.743. The lowest BCUT2D eigenvalue weighted by molar-refractivity contribution is 0.566. The van der Waals surface area contributed by atoms with Crippen molar-refractivity contribution in [2.45, 2.75) is 25.8 Å². The molecule has 20 heavy (non-hydrogen) atoms. The van der Waals surface area contributed by atoms with Crippen LogP contribution in [0.15, 0.2) is 47.1 Å². The van der Waals surface area contributed by atoms with Gasteiger partial charge in [0.15, 0.2) is 0 Å². The molecule has 0 amide bonds. The predicted molar refractivity (Wildman–Crippen MR) is 85.4 cm³/mol. The van der Waals surface area contributed by atoms with Gasteiger partial charge >= 0.3 is 0 Å². The molecule has 3 aromatic rings. The summed E-state index contributed by atoms with van der Waals surface area (Å²) in [6.45, 7) is 2.20. The van der Waals surface area contributed by atoms with Crippen LogP contribution in [0.2, 0.25) is 0 Å². The highest BCUT2D eigenvalue weighted by Gasteiger charge is 2.16. The minimum absolute atomic E-state index is 0.294. The van der Waals surface area contributed by atoms with Crippen LogP contribution in [0.5, 0.6) is 0 Å². The zero-order valence-corrected chi connectivity index (χ0v) is 12.7. The van der Waals surface area contributed by atoms with Gasteiger partial charge in [0.2, 0.25) is 0 Å². The van der Waals surface area contributed by atoms with Crippen LogP contribution in [-0.2, 0) is 12.8 Å². The standard InChI is InChI=1S/C17H19NOS/c1-3-12-8-9-13(20-12)10-16(18-2)15-11-19-17-7-5-4-6-14(15)17/h4-9,11,16,18H,3,10H2,1-2H3. The molecule has 2 nitrogen and oxygen atoms in total. The maximum absolute atomic E-state index is 5.66. The van der Waals surface area contributed by atoms with Gasteiger partial charge in [-0.3, -0.25) is 0 Å². The molecule has 0 saturated heterocycles. The van der Waals surface area contributed by atoms with Crippen LogP contribution in [0.4, 0.5) is 0 Å². The fourth-order valence-electron chi connectivity index (χ4n) is 2.56. The van der Waals surface area contributed by atoms with Gasteiger partial charge in [0.1, 0.15) is 5.58 Å². The second-order valence-corrected chi connectivity index (χ2v) is 6.21. The molecule has 2 heterocycles. The van der Waals surface area contributed by atoms with E-state index in [1.807, 2.05) is 36.8 Å². The smallest absolute Gasteiger partial charge is 0.134 e. The number of nitrogens with one attached hydrogen (secondary N) is 1. The summed E-state index contributed by atoms with van der Waals surface area (Å²) in [6.07, 6.45) is 4.01. The van der Waals surface area contributed by atoms with Crippen molar-refractivity contribution in [3.8, 4) is 0 Å². The SMILES string of the molecule is CCc1ccc(CC(NC)c2coc3ccccc23)s1. The Bertz CT molecular complexity index is 698. The van der Waals surface area contributed by atoms with Crippen molar-refractivity contribution in [1.82, 2.24) is 5.32 Å². The van der Waals surface area contributed by atoms with Gasteiger partial charge in [-0.1, -0.05) is 25.1 Å². The second kappa shape index (κ2) is 5.81. The third kappa shape index (κ3) is 2.51. The van der Waals surface area contributed by atoms with Crippen LogP contribution >= 0.6 is 11.3 Å². The molecule has 0 saturated carbocycles. The van der Waals surface area contributed by atoms with E-state index in [0.29, 0.717) is 6.04 Å². The molecule has 2 aromatic heterocycles. The Balaban J connectivity index is 1.89. The van der Waals surface area contributed by atoms with Crippen LogP contribution in [0.25, 0.3) is 11.0 Å². The molecule has 0 fully saturated rings. The average molecular weight is 285 g/mol. The summed E-state index contributed by atoms with van der Waals surface area (Å²) in [5, 5.41) is 4.63. The number of thiophene rings is 1. The van der Waals surface area contributed by atoms with Crippen molar-refractivity contribution in [3.05, 3.63) is 58.0 Å². The molecule has 1 aromatic carbocycles. The van der Waals surface area contributed by atoms with E-state index in [4.69, 9.17) is 4.42 Å². The van der Waals surface area contributed by atoms with E-state index in [-0.39, 0.29) is 0 Å². The van der Waals surface area contributed by atoms with Crippen molar-refractivity contribution in [2.75, 3.05) is 7.05 Å². The molecule has 0 aliphatic rings. The third-order valence-corrected chi connectivity index (χ3v) is 4.96. The van der Waals surface area contributed by atoms with E-state index in [1.54, 1.807) is 0 Å². The van der Waals surface area contributed by atoms with E-state index in [1.165, 1.54) is 20.7 Å². The topological polar surface area (TPSA) is 25.2 Å². The molecule has 3 rings (SSSR count). The van der Waals surface area contributed by atoms with E-state index in [2.05, 4.69) is 36.5 Å². The number of hydrogen-bond acceptors (Lipinski definition) is 3. The molecule has 1 unspecified atom stereocenters. The van der Waals surface area contributed by atoms with Crippen LogP contribution < -0.4 is 5.32 Å². The number of benzene rings is 1. The first kappa shape index (κ1) is 13.4. The molecule has 0 spiro atoms. The molecule has 0 bridgehead atoms. The summed E-state index contributed by atoms with van der Waals surface area (Å²) >= 11 is 1.91. The Hall–Kier alpha value is -1.58. The molecular formula is C17H19NOS. The van der Waals surface area contributed by atoms with Gasteiger partial charge in [-0.2, -0.15) is 0 Å². The molecule has 0 aliphatic heterocycles. The monoisotopic (exact) mass is 285 g/mol. The summed E-state index contributed by atoms with van der Waals surface area (Å²) in [6, 6.07) is 13.0. The minimum atomic E-state index is 0.294. The summed E-state index contributed by atoms with van der Waals surface area (Å²) in [5.41, 5.74) is 2.21. The first-order valence-corrected chi connectivity index (χ1v) is 7.84. The third-order valence-electron chi connectivity index (χ3n) is 3.71. The highest BCUT2D eigenvalue weighted by atomic mass is 32.1. The molecule has 0 aliphatic carbocycles. The Morgan fingerprint density at radius 3 is 2.70 bits per heavy atom. The molecule has 1 atom stereocenters. The van der Waals surface area contributed by atoms with Crippen molar-refractivity contribution in [3.63, 3.8) is 0 Å². The minimum Gasteiger partial charge on any atom is -0.464 e. The van der Waals surface area contributed by atoms with Crippen LogP contribution in [0.1, 0.15) is 28.3 Å². The second-order valence-electron chi connectivity index (χ2n) is 4.95. The molecule has 0 radical (unpaired) electrons. The molecule has 3 heteroatoms. The molecular weight excluding hydrogens is 266 g/mol. The van der Waals surface area contributed by atoms with Gasteiger partial charge in [-0.15, -0.1) is 11.3 Å². The Kier molecular flexibility index (Phi) is 3.90. The highest BCUT2D eigenvalue weighted by molar-refractivity contribution is 7.11. The lowest BCUT2D eigenvalue weighted by Crippen LogP contribution is -2.18. The van der Waals surface area contributed by atoms with Gasteiger partial charge in [0, 0.05) is 33.2 Å². The van der Waals surface area contributed by atoms with E-state index >= 15 is 0 Å². The molecule has 104 valence electrons. The Labute approximate surface area is 123 Å². The van der Waals surface area contributed by atoms with E-state index in [0.717, 1.165) is 18.4 Å². The first-order valence-electron chi connectivity index (χ1n) is 7.02. The number of hydrogen-bond donors (Lipinski definition) is 1. The number of para-hydroxylation sites is 1. The van der Waals surface area contributed by atoms with Gasteiger partial charge in [-0.25, -0.2) is 0 Å². The maximum atomic E-state index is 5.66. The fourth-order valence-corrected chi connectivity index (χ4v) is 3.56. The summed E-state index contributed by atoms with van der Waals surface area (Å²) < 4.78 is 5.66. The Morgan fingerprint density at radius 2 is 1.95 bits per heavy atom. The van der Waals surface area contributed by atoms with E-state index in [9.17, 15) is 0 Å². The number of furan rings is 1. The largest absolute Gasteiger partial charge is 0.464 e. The van der Waals surface area contributed by atoms with Gasteiger partial charge in [0.05, 0.1) is 6.26 Å². The van der Waals surface area contributed by atoms with Crippen molar-refractivity contribution in [2.24, 2.45) is 0 Å². The van der Waals surface area contributed by atoms with Crippen LogP contribution in [0, 0.1) is 0 Å². The summed E-state index contributed by atoms with van der Waals surface area (Å²) in [5.74, 6) is 0. The normalized spacial score (nSPS) is 12.9. The number of rotatable bonds is 5. The van der Waals surface area contributed by atoms with Gasteiger partial charge in [0.25, 0.3) is 0 Å². The number of fused-ring (bicyclic) bond motifs is 1. The zero-order chi connectivity index (χ0) is 13.9. The average Bonchev–Trinajstić information content (AvgIpc) is 3.11. The predicted octanol–water partition coefficient (Wildman–Crippen LogP) is 4.56. The van der Waals surface area contributed by atoms with E-state index < -0.39 is 0 Å². The maximum Gasteiger partial charge on any atom is 0.134 e. The number of aryl methyl sites for hydroxylation is 1. The summed E-state index contributed by atoms with van der Waals surface area (Å²) in [4.78, 5) is 2.87. The van der Waals surface area contributed by atoms with Crippen molar-refractivity contribution in [1.29, 1.82) is 0 Å². The Morgan fingerprint density at radius 1 is 1.15 bits per heavy atom. The highest BCUT2D eigenvalue weighted by Crippen LogP contribution is 2.30. The van der Waals surface area contributed by atoms with Crippen molar-refractivity contribution >= 4 is 22.3 Å².